The van der Waals surface area contributed by atoms with Crippen LogP contribution in [0, 0.1) is 0 Å². The van der Waals surface area contributed by atoms with Gasteiger partial charge in [-0.15, -0.1) is 0 Å². The highest BCUT2D eigenvalue weighted by Crippen LogP contribution is 2.50. The van der Waals surface area contributed by atoms with Gasteiger partial charge in [0, 0.05) is 35.4 Å². The van der Waals surface area contributed by atoms with E-state index in [1.54, 1.807) is 0 Å². The Morgan fingerprint density at radius 2 is 2.29 bits per heavy atom. The Morgan fingerprint density at radius 3 is 2.96 bits per heavy atom. The van der Waals surface area contributed by atoms with Gasteiger partial charge in [-0.2, -0.15) is 0 Å². The van der Waals surface area contributed by atoms with Gasteiger partial charge in [0.25, 0.3) is 0 Å². The molecule has 2 heterocycles. The predicted octanol–water partition coefficient (Wildman–Crippen LogP) is 1.67. The standard InChI is InChI=1S/C17H16O7/c1-7(19)22-5-8-6-23-17-12(8)10(4-18)9-3-11-15(24-11)14(20)13(9)16(17)21-2/h4,6,11,14-15,20H,3,5H2,1-2H3/t11-,14-,15-/m0/s1. The van der Waals surface area contributed by atoms with Gasteiger partial charge in [-0.1, -0.05) is 0 Å². The molecule has 4 rings (SSSR count). The fourth-order valence-corrected chi connectivity index (χ4v) is 3.53. The van der Waals surface area contributed by atoms with Crippen LogP contribution >= 0.6 is 0 Å². The molecule has 1 aliphatic carbocycles. The van der Waals surface area contributed by atoms with E-state index in [1.165, 1.54) is 20.3 Å². The molecule has 0 spiro atoms. The van der Waals surface area contributed by atoms with Gasteiger partial charge in [-0.05, 0) is 5.56 Å². The summed E-state index contributed by atoms with van der Waals surface area (Å²) in [5, 5.41) is 11.1. The number of carbonyl (C=O) groups is 2. The predicted molar refractivity (Wildman–Crippen MR) is 80.9 cm³/mol. The Bertz CT molecular complexity index is 850. The summed E-state index contributed by atoms with van der Waals surface area (Å²) in [6.45, 7) is 1.31. The minimum absolute atomic E-state index is 0.00375. The third kappa shape index (κ3) is 2.05. The van der Waals surface area contributed by atoms with Gasteiger partial charge in [0.15, 0.2) is 17.6 Å². The number of furan rings is 1. The summed E-state index contributed by atoms with van der Waals surface area (Å²) in [7, 11) is 1.48. The second-order valence-electron chi connectivity index (χ2n) is 5.99. The average Bonchev–Trinajstić information content (AvgIpc) is 3.23. The second kappa shape index (κ2) is 5.32. The van der Waals surface area contributed by atoms with Gasteiger partial charge in [0.05, 0.1) is 19.5 Å². The zero-order valence-electron chi connectivity index (χ0n) is 13.2. The number of aliphatic hydroxyl groups is 1. The van der Waals surface area contributed by atoms with E-state index in [-0.39, 0.29) is 18.8 Å². The van der Waals surface area contributed by atoms with E-state index in [0.29, 0.717) is 45.4 Å². The first-order valence-corrected chi connectivity index (χ1v) is 7.61. The van der Waals surface area contributed by atoms with Gasteiger partial charge in [-0.3, -0.25) is 9.59 Å². The van der Waals surface area contributed by atoms with E-state index >= 15 is 0 Å². The minimum atomic E-state index is -0.862. The molecule has 126 valence electrons. The number of epoxide rings is 1. The van der Waals surface area contributed by atoms with E-state index in [0.717, 1.165) is 6.29 Å². The first-order chi connectivity index (χ1) is 11.6. The molecule has 1 N–H and O–H groups in total. The van der Waals surface area contributed by atoms with Gasteiger partial charge >= 0.3 is 5.97 Å². The van der Waals surface area contributed by atoms with Crippen LogP contribution in [-0.4, -0.2) is 36.7 Å². The van der Waals surface area contributed by atoms with Gasteiger partial charge < -0.3 is 23.7 Å². The lowest BCUT2D eigenvalue weighted by Crippen LogP contribution is -2.21. The molecule has 2 aliphatic rings. The van der Waals surface area contributed by atoms with Crippen LogP contribution in [0.2, 0.25) is 0 Å². The smallest absolute Gasteiger partial charge is 0.302 e. The number of aliphatic hydroxyl groups excluding tert-OH is 1. The molecule has 0 radical (unpaired) electrons. The third-order valence-electron chi connectivity index (χ3n) is 4.62. The number of fused-ring (bicyclic) bond motifs is 3. The fourth-order valence-electron chi connectivity index (χ4n) is 3.53. The largest absolute Gasteiger partial charge is 0.492 e. The Morgan fingerprint density at radius 1 is 1.50 bits per heavy atom. The molecular formula is C17H16O7. The summed E-state index contributed by atoms with van der Waals surface area (Å²) >= 11 is 0. The van der Waals surface area contributed by atoms with Crippen molar-refractivity contribution in [2.24, 2.45) is 0 Å². The molecule has 7 nitrogen and oxygen atoms in total. The highest BCUT2D eigenvalue weighted by molar-refractivity contribution is 6.03. The lowest BCUT2D eigenvalue weighted by Gasteiger charge is -2.23. The average molecular weight is 332 g/mol. The molecule has 3 atom stereocenters. The summed E-state index contributed by atoms with van der Waals surface area (Å²) in [5.74, 6) is -0.0345. The van der Waals surface area contributed by atoms with E-state index in [4.69, 9.17) is 18.6 Å². The molecule has 7 heteroatoms. The lowest BCUT2D eigenvalue weighted by molar-refractivity contribution is -0.142. The summed E-state index contributed by atoms with van der Waals surface area (Å²) in [5.41, 5.74) is 2.60. The van der Waals surface area contributed by atoms with Crippen molar-refractivity contribution in [1.29, 1.82) is 0 Å². The van der Waals surface area contributed by atoms with E-state index in [1.807, 2.05) is 0 Å². The summed E-state index contributed by atoms with van der Waals surface area (Å²) in [6.07, 6.45) is 1.49. The molecule has 0 bridgehead atoms. The van der Waals surface area contributed by atoms with Crippen molar-refractivity contribution in [1.82, 2.24) is 0 Å². The number of hydrogen-bond acceptors (Lipinski definition) is 7. The van der Waals surface area contributed by atoms with Crippen LogP contribution in [0.1, 0.15) is 40.1 Å². The van der Waals surface area contributed by atoms with Gasteiger partial charge in [0.2, 0.25) is 0 Å². The maximum Gasteiger partial charge on any atom is 0.302 e. The summed E-state index contributed by atoms with van der Waals surface area (Å²) in [6, 6.07) is 0. The van der Waals surface area contributed by atoms with Crippen LogP contribution in [0.4, 0.5) is 0 Å². The minimum Gasteiger partial charge on any atom is -0.492 e. The first-order valence-electron chi connectivity index (χ1n) is 7.61. The Balaban J connectivity index is 1.97. The molecule has 1 saturated heterocycles. The number of benzene rings is 1. The van der Waals surface area contributed by atoms with Crippen LogP contribution in [0.5, 0.6) is 5.75 Å². The van der Waals surface area contributed by atoms with E-state index in [2.05, 4.69) is 0 Å². The topological polar surface area (TPSA) is 98.5 Å². The number of aldehydes is 1. The number of methoxy groups -OCH3 is 1. The van der Waals surface area contributed by atoms with Crippen LogP contribution in [0.3, 0.4) is 0 Å². The zero-order chi connectivity index (χ0) is 17.0. The van der Waals surface area contributed by atoms with Crippen molar-refractivity contribution in [2.45, 2.75) is 38.3 Å². The molecule has 2 aromatic rings. The third-order valence-corrected chi connectivity index (χ3v) is 4.62. The zero-order valence-corrected chi connectivity index (χ0v) is 13.2. The maximum atomic E-state index is 11.8. The van der Waals surface area contributed by atoms with Crippen LogP contribution in [0.15, 0.2) is 10.7 Å². The summed E-state index contributed by atoms with van der Waals surface area (Å²) < 4.78 is 21.5. The lowest BCUT2D eigenvalue weighted by atomic mass is 9.84. The Hall–Kier alpha value is -2.38. The molecule has 1 aliphatic heterocycles. The molecular weight excluding hydrogens is 316 g/mol. The Kier molecular flexibility index (Phi) is 3.36. The van der Waals surface area contributed by atoms with Crippen molar-refractivity contribution in [3.63, 3.8) is 0 Å². The van der Waals surface area contributed by atoms with Crippen LogP contribution in [0.25, 0.3) is 11.0 Å². The van der Waals surface area contributed by atoms with Crippen molar-refractivity contribution in [3.8, 4) is 5.75 Å². The normalized spacial score (nSPS) is 24.2. The quantitative estimate of drug-likeness (QED) is 0.516. The summed E-state index contributed by atoms with van der Waals surface area (Å²) in [4.78, 5) is 22.9. The number of ether oxygens (including phenoxy) is 3. The fraction of sp³-hybridized carbons (Fsp3) is 0.412. The SMILES string of the molecule is COc1c2c(c(C=O)c3c(COC(C)=O)coc13)C[C@@H]1O[C@@H]1[C@H]2O. The number of rotatable bonds is 4. The van der Waals surface area contributed by atoms with E-state index < -0.39 is 12.1 Å². The van der Waals surface area contributed by atoms with Crippen LogP contribution < -0.4 is 4.74 Å². The Labute approximate surface area is 137 Å². The highest BCUT2D eigenvalue weighted by atomic mass is 16.6. The van der Waals surface area contributed by atoms with Crippen molar-refractivity contribution >= 4 is 23.2 Å². The number of carbonyl (C=O) groups excluding carboxylic acids is 2. The van der Waals surface area contributed by atoms with Crippen molar-refractivity contribution in [2.75, 3.05) is 7.11 Å². The number of esters is 1. The number of hydrogen-bond donors (Lipinski definition) is 1. The second-order valence-corrected chi connectivity index (χ2v) is 5.99. The van der Waals surface area contributed by atoms with E-state index in [9.17, 15) is 14.7 Å². The van der Waals surface area contributed by atoms with Crippen molar-refractivity contribution < 1.29 is 33.3 Å². The highest BCUT2D eigenvalue weighted by Gasteiger charge is 2.51. The molecule has 1 aromatic carbocycles. The molecule has 1 fully saturated rings. The molecule has 24 heavy (non-hydrogen) atoms. The van der Waals surface area contributed by atoms with Gasteiger partial charge in [0.1, 0.15) is 18.8 Å². The van der Waals surface area contributed by atoms with Gasteiger partial charge in [-0.25, -0.2) is 0 Å². The molecule has 0 unspecified atom stereocenters. The molecule has 0 saturated carbocycles. The van der Waals surface area contributed by atoms with Crippen molar-refractivity contribution in [3.05, 3.63) is 28.5 Å². The maximum absolute atomic E-state index is 11.8. The van der Waals surface area contributed by atoms with Crippen LogP contribution in [-0.2, 0) is 27.3 Å². The molecule has 0 amide bonds. The first kappa shape index (κ1) is 15.2. The monoisotopic (exact) mass is 332 g/mol. The molecule has 1 aromatic heterocycles.